The van der Waals surface area contributed by atoms with Gasteiger partial charge in [-0.3, -0.25) is 9.59 Å². The topological polar surface area (TPSA) is 72.8 Å². The van der Waals surface area contributed by atoms with Crippen LogP contribution in [0.2, 0.25) is 0 Å². The summed E-state index contributed by atoms with van der Waals surface area (Å²) in [7, 11) is 0. The number of carbonyl (C=O) groups is 2. The highest BCUT2D eigenvalue weighted by Crippen LogP contribution is 2.33. The Morgan fingerprint density at radius 3 is 2.56 bits per heavy atom. The second-order valence-electron chi connectivity index (χ2n) is 7.72. The van der Waals surface area contributed by atoms with Gasteiger partial charge in [-0.1, -0.05) is 30.0 Å². The molecule has 1 aliphatic heterocycles. The molecule has 0 atom stereocenters. The minimum Gasteiger partial charge on any atom is -0.490 e. The van der Waals surface area contributed by atoms with E-state index >= 15 is 0 Å². The lowest BCUT2D eigenvalue weighted by Crippen LogP contribution is -2.43. The molecule has 0 radical (unpaired) electrons. The van der Waals surface area contributed by atoms with E-state index in [0.717, 1.165) is 27.7 Å². The maximum Gasteiger partial charge on any atom is 0.240 e. The summed E-state index contributed by atoms with van der Waals surface area (Å²) in [5.74, 6) is 1.41. The van der Waals surface area contributed by atoms with Gasteiger partial charge in [0.15, 0.2) is 11.5 Å². The van der Waals surface area contributed by atoms with E-state index in [1.54, 1.807) is 4.90 Å². The normalized spacial score (nSPS) is 12.9. The van der Waals surface area contributed by atoms with Crippen molar-refractivity contribution in [3.8, 4) is 17.2 Å². The summed E-state index contributed by atoms with van der Waals surface area (Å²) in [4.78, 5) is 27.3. The first-order valence-electron chi connectivity index (χ1n) is 11.5. The van der Waals surface area contributed by atoms with E-state index in [-0.39, 0.29) is 24.1 Å². The molecule has 1 N–H and O–H groups in total. The third-order valence-corrected chi connectivity index (χ3v) is 6.45. The van der Waals surface area contributed by atoms with E-state index in [0.29, 0.717) is 31.9 Å². The summed E-state index contributed by atoms with van der Waals surface area (Å²) in [6.45, 7) is 5.42. The number of ether oxygens (including phenoxy) is 2. The minimum absolute atomic E-state index is 0.0273. The number of thioether (sulfide) groups is 1. The lowest BCUT2D eigenvalue weighted by molar-refractivity contribution is -0.122. The molecule has 2 heterocycles. The lowest BCUT2D eigenvalue weighted by atomic mass is 10.1. The number of fused-ring (bicyclic) bond motifs is 3. The Labute approximate surface area is 204 Å². The average molecular weight is 480 g/mol. The van der Waals surface area contributed by atoms with Gasteiger partial charge in [-0.05, 0) is 62.2 Å². The molecule has 2 aromatic carbocycles. The van der Waals surface area contributed by atoms with Crippen molar-refractivity contribution >= 4 is 29.3 Å². The van der Waals surface area contributed by atoms with Crippen molar-refractivity contribution in [3.05, 3.63) is 66.4 Å². The zero-order valence-corrected chi connectivity index (χ0v) is 20.3. The van der Waals surface area contributed by atoms with Gasteiger partial charge in [-0.15, -0.1) is 0 Å². The maximum atomic E-state index is 13.0. The Bertz CT molecular complexity index is 1160. The number of nitrogens with one attached hydrogen (secondary N) is 1. The van der Waals surface area contributed by atoms with Gasteiger partial charge in [0.1, 0.15) is 6.54 Å². The molecule has 7 nitrogen and oxygen atoms in total. The molecule has 0 aliphatic carbocycles. The van der Waals surface area contributed by atoms with Crippen LogP contribution in [0.4, 0.5) is 5.69 Å². The second-order valence-corrected chi connectivity index (χ2v) is 8.72. The van der Waals surface area contributed by atoms with Gasteiger partial charge < -0.3 is 24.3 Å². The molecule has 3 aromatic rings. The predicted octanol–water partition coefficient (Wildman–Crippen LogP) is 4.07. The summed E-state index contributed by atoms with van der Waals surface area (Å²) in [5.41, 5.74) is 2.65. The van der Waals surface area contributed by atoms with Crippen LogP contribution in [0.3, 0.4) is 0 Å². The predicted molar refractivity (Wildman–Crippen MR) is 134 cm³/mol. The number of carbonyl (C=O) groups excluding carboxylic acids is 2. The molecule has 0 saturated heterocycles. The monoisotopic (exact) mass is 479 g/mol. The Morgan fingerprint density at radius 2 is 1.76 bits per heavy atom. The second kappa shape index (κ2) is 11.2. The van der Waals surface area contributed by atoms with Crippen molar-refractivity contribution in [1.29, 1.82) is 0 Å². The van der Waals surface area contributed by atoms with E-state index in [2.05, 4.69) is 9.88 Å². The number of nitrogens with zero attached hydrogens (tertiary/aromatic N) is 2. The van der Waals surface area contributed by atoms with Crippen molar-refractivity contribution in [2.75, 3.05) is 37.0 Å². The van der Waals surface area contributed by atoms with Crippen LogP contribution < -0.4 is 19.7 Å². The van der Waals surface area contributed by atoms with Gasteiger partial charge in [0, 0.05) is 12.7 Å². The van der Waals surface area contributed by atoms with Gasteiger partial charge in [-0.2, -0.15) is 0 Å². The first-order valence-corrected chi connectivity index (χ1v) is 12.4. The Kier molecular flexibility index (Phi) is 7.80. The van der Waals surface area contributed by atoms with Crippen LogP contribution in [-0.4, -0.2) is 48.4 Å². The molecule has 0 spiro atoms. The van der Waals surface area contributed by atoms with E-state index < -0.39 is 0 Å². The van der Waals surface area contributed by atoms with Gasteiger partial charge in [-0.25, -0.2) is 0 Å². The number of para-hydroxylation sites is 2. The zero-order valence-electron chi connectivity index (χ0n) is 19.5. The van der Waals surface area contributed by atoms with Crippen LogP contribution in [0, 0.1) is 0 Å². The molecule has 2 amide bonds. The first-order chi connectivity index (χ1) is 16.6. The Morgan fingerprint density at radius 1 is 1.00 bits per heavy atom. The molecular formula is C26H29N3O4S. The fourth-order valence-electron chi connectivity index (χ4n) is 3.90. The summed E-state index contributed by atoms with van der Waals surface area (Å²) < 4.78 is 13.3. The zero-order chi connectivity index (χ0) is 23.9. The van der Waals surface area contributed by atoms with Crippen LogP contribution in [0.25, 0.3) is 5.69 Å². The average Bonchev–Trinajstić information content (AvgIpc) is 3.30. The largest absolute Gasteiger partial charge is 0.490 e. The molecule has 178 valence electrons. The number of hydrogen-bond acceptors (Lipinski definition) is 5. The summed E-state index contributed by atoms with van der Waals surface area (Å²) in [5, 5.41) is 3.96. The van der Waals surface area contributed by atoms with Crippen LogP contribution in [0.5, 0.6) is 11.5 Å². The molecule has 0 saturated carbocycles. The van der Waals surface area contributed by atoms with E-state index in [1.165, 1.54) is 11.8 Å². The molecule has 4 rings (SSSR count). The molecule has 1 aliphatic rings. The quantitative estimate of drug-likeness (QED) is 0.501. The van der Waals surface area contributed by atoms with Gasteiger partial charge in [0.25, 0.3) is 0 Å². The number of aromatic nitrogens is 1. The molecule has 8 heteroatoms. The SMILES string of the molecule is CCOc1ccc(CCNC(=O)CN2C(=O)CSc3cccn3-c3ccccc32)cc1OCC. The smallest absolute Gasteiger partial charge is 0.240 e. The standard InChI is InChI=1S/C26H29N3O4S/c1-3-32-22-12-11-19(16-23(22)33-4-2)13-14-27-24(30)17-29-21-9-6-5-8-20(21)28-15-7-10-26(28)34-18-25(29)31/h5-12,15-16H,3-4,13-14,17-18H2,1-2H3,(H,27,30). The summed E-state index contributed by atoms with van der Waals surface area (Å²) in [6.07, 6.45) is 2.62. The lowest BCUT2D eigenvalue weighted by Gasteiger charge is -2.27. The van der Waals surface area contributed by atoms with Crippen molar-refractivity contribution < 1.29 is 19.1 Å². The number of amides is 2. The van der Waals surface area contributed by atoms with Crippen molar-refractivity contribution in [2.24, 2.45) is 0 Å². The van der Waals surface area contributed by atoms with E-state index in [1.807, 2.05) is 74.6 Å². The molecule has 1 aromatic heterocycles. The van der Waals surface area contributed by atoms with Gasteiger partial charge in [0.05, 0.1) is 35.4 Å². The van der Waals surface area contributed by atoms with Crippen LogP contribution in [0.1, 0.15) is 19.4 Å². The van der Waals surface area contributed by atoms with Crippen LogP contribution in [0.15, 0.2) is 65.8 Å². The third-order valence-electron chi connectivity index (χ3n) is 5.43. The number of benzene rings is 2. The van der Waals surface area contributed by atoms with E-state index in [9.17, 15) is 9.59 Å². The highest BCUT2D eigenvalue weighted by molar-refractivity contribution is 7.99. The highest BCUT2D eigenvalue weighted by Gasteiger charge is 2.25. The van der Waals surface area contributed by atoms with Crippen molar-refractivity contribution in [1.82, 2.24) is 9.88 Å². The fraction of sp³-hybridized carbons (Fsp3) is 0.308. The molecule has 0 bridgehead atoms. The molecule has 34 heavy (non-hydrogen) atoms. The summed E-state index contributed by atoms with van der Waals surface area (Å²) >= 11 is 1.47. The van der Waals surface area contributed by atoms with Crippen molar-refractivity contribution in [2.45, 2.75) is 25.3 Å². The van der Waals surface area contributed by atoms with E-state index in [4.69, 9.17) is 9.47 Å². The number of rotatable bonds is 9. The minimum atomic E-state index is -0.197. The molecule has 0 fully saturated rings. The highest BCUT2D eigenvalue weighted by atomic mass is 32.2. The van der Waals surface area contributed by atoms with Gasteiger partial charge in [0.2, 0.25) is 11.8 Å². The first kappa shape index (κ1) is 23.8. The van der Waals surface area contributed by atoms with Crippen LogP contribution in [-0.2, 0) is 16.0 Å². The molecule has 0 unspecified atom stereocenters. The van der Waals surface area contributed by atoms with Crippen LogP contribution >= 0.6 is 11.8 Å². The van der Waals surface area contributed by atoms with Crippen molar-refractivity contribution in [3.63, 3.8) is 0 Å². The fourth-order valence-corrected chi connectivity index (χ4v) is 4.80. The summed E-state index contributed by atoms with van der Waals surface area (Å²) in [6, 6.07) is 17.4. The Balaban J connectivity index is 1.42. The maximum absolute atomic E-state index is 13.0. The number of hydrogen-bond donors (Lipinski definition) is 1. The third kappa shape index (κ3) is 5.39. The molecular weight excluding hydrogens is 450 g/mol. The Hall–Kier alpha value is -3.39. The van der Waals surface area contributed by atoms with Gasteiger partial charge >= 0.3 is 0 Å². The number of anilines is 1.